The molecule has 4 heteroatoms. The van der Waals surface area contributed by atoms with Crippen LogP contribution in [0.25, 0.3) is 0 Å². The summed E-state index contributed by atoms with van der Waals surface area (Å²) in [6.07, 6.45) is 3.27. The van der Waals surface area contributed by atoms with Crippen molar-refractivity contribution in [2.75, 3.05) is 13.1 Å². The van der Waals surface area contributed by atoms with Crippen molar-refractivity contribution >= 4 is 6.29 Å². The molecule has 1 aromatic rings. The van der Waals surface area contributed by atoms with Gasteiger partial charge >= 0.3 is 0 Å². The van der Waals surface area contributed by atoms with Gasteiger partial charge in [-0.05, 0) is 32.4 Å². The van der Waals surface area contributed by atoms with Gasteiger partial charge in [-0.3, -0.25) is 9.58 Å². The molecule has 1 unspecified atom stereocenters. The molecule has 1 saturated heterocycles. The number of hydrogen-bond acceptors (Lipinski definition) is 3. The van der Waals surface area contributed by atoms with Crippen molar-refractivity contribution in [2.45, 2.75) is 26.3 Å². The molecule has 1 atom stereocenters. The van der Waals surface area contributed by atoms with Gasteiger partial charge in [0.05, 0.1) is 11.4 Å². The molecule has 16 heavy (non-hydrogen) atoms. The highest BCUT2D eigenvalue weighted by Gasteiger charge is 2.20. The lowest BCUT2D eigenvalue weighted by Crippen LogP contribution is -2.35. The maximum atomic E-state index is 10.8. The van der Waals surface area contributed by atoms with Gasteiger partial charge in [-0.2, -0.15) is 5.10 Å². The third-order valence-corrected chi connectivity index (χ3v) is 3.22. The highest BCUT2D eigenvalue weighted by Crippen LogP contribution is 2.17. The molecule has 0 N–H and O–H groups in total. The van der Waals surface area contributed by atoms with Gasteiger partial charge in [0.2, 0.25) is 0 Å². The van der Waals surface area contributed by atoms with Crippen molar-refractivity contribution < 1.29 is 4.79 Å². The van der Waals surface area contributed by atoms with Crippen molar-refractivity contribution in [3.8, 4) is 0 Å². The van der Waals surface area contributed by atoms with Crippen molar-refractivity contribution in [3.63, 3.8) is 0 Å². The molecule has 0 amide bonds. The number of carbonyl (C=O) groups is 1. The third kappa shape index (κ3) is 2.50. The molecule has 1 fully saturated rings. The Balaban J connectivity index is 1.98. The lowest BCUT2D eigenvalue weighted by atomic mass is 10.00. The molecule has 88 valence electrons. The van der Waals surface area contributed by atoms with Crippen LogP contribution in [-0.2, 0) is 18.4 Å². The Morgan fingerprint density at radius 1 is 1.62 bits per heavy atom. The first kappa shape index (κ1) is 11.3. The number of aryl methyl sites for hydroxylation is 2. The number of rotatable bonds is 3. The van der Waals surface area contributed by atoms with Crippen LogP contribution in [-0.4, -0.2) is 34.1 Å². The summed E-state index contributed by atoms with van der Waals surface area (Å²) >= 11 is 0. The van der Waals surface area contributed by atoms with E-state index < -0.39 is 0 Å². The summed E-state index contributed by atoms with van der Waals surface area (Å²) in [5.74, 6) is 0.225. The molecule has 0 aromatic carbocycles. The normalized spacial score (nSPS) is 22.2. The summed E-state index contributed by atoms with van der Waals surface area (Å²) in [7, 11) is 1.98. The fourth-order valence-corrected chi connectivity index (χ4v) is 2.39. The smallest absolute Gasteiger partial charge is 0.124 e. The Hall–Kier alpha value is -1.16. The van der Waals surface area contributed by atoms with E-state index in [-0.39, 0.29) is 5.92 Å². The van der Waals surface area contributed by atoms with Crippen LogP contribution >= 0.6 is 0 Å². The van der Waals surface area contributed by atoms with E-state index in [1.807, 2.05) is 18.7 Å². The average molecular weight is 221 g/mol. The molecular formula is C12H19N3O. The predicted molar refractivity (Wildman–Crippen MR) is 62.0 cm³/mol. The third-order valence-electron chi connectivity index (χ3n) is 3.22. The number of aromatic nitrogens is 2. The molecule has 0 spiro atoms. The van der Waals surface area contributed by atoms with Crippen LogP contribution in [0.3, 0.4) is 0 Å². The van der Waals surface area contributed by atoms with Gasteiger partial charge in [-0.15, -0.1) is 0 Å². The van der Waals surface area contributed by atoms with Gasteiger partial charge in [0.15, 0.2) is 0 Å². The second kappa shape index (κ2) is 4.78. The number of nitrogens with zero attached hydrogens (tertiary/aromatic N) is 3. The van der Waals surface area contributed by atoms with Crippen LogP contribution in [0.15, 0.2) is 6.07 Å². The molecule has 2 rings (SSSR count). The van der Waals surface area contributed by atoms with Crippen LogP contribution in [0.4, 0.5) is 0 Å². The zero-order chi connectivity index (χ0) is 11.5. The summed E-state index contributed by atoms with van der Waals surface area (Å²) in [4.78, 5) is 13.1. The minimum atomic E-state index is 0.225. The highest BCUT2D eigenvalue weighted by atomic mass is 16.1. The van der Waals surface area contributed by atoms with E-state index in [4.69, 9.17) is 0 Å². The summed E-state index contributed by atoms with van der Waals surface area (Å²) < 4.78 is 1.93. The van der Waals surface area contributed by atoms with E-state index in [1.54, 1.807) is 0 Å². The molecule has 4 nitrogen and oxygen atoms in total. The first-order valence-corrected chi connectivity index (χ1v) is 5.86. The van der Waals surface area contributed by atoms with E-state index in [9.17, 15) is 4.79 Å². The molecular weight excluding hydrogens is 202 g/mol. The fraction of sp³-hybridized carbons (Fsp3) is 0.667. The zero-order valence-corrected chi connectivity index (χ0v) is 10.0. The molecule has 0 saturated carbocycles. The maximum absolute atomic E-state index is 10.8. The number of hydrogen-bond donors (Lipinski definition) is 0. The van der Waals surface area contributed by atoms with E-state index >= 15 is 0 Å². The van der Waals surface area contributed by atoms with Crippen LogP contribution < -0.4 is 0 Å². The first-order chi connectivity index (χ1) is 7.69. The van der Waals surface area contributed by atoms with E-state index in [2.05, 4.69) is 16.1 Å². The summed E-state index contributed by atoms with van der Waals surface area (Å²) in [5, 5.41) is 4.34. The Labute approximate surface area is 96.2 Å². The monoisotopic (exact) mass is 221 g/mol. The second-order valence-corrected chi connectivity index (χ2v) is 4.67. The molecule has 0 aliphatic carbocycles. The fourth-order valence-electron chi connectivity index (χ4n) is 2.39. The molecule has 1 aliphatic rings. The predicted octanol–water partition coefficient (Wildman–Crippen LogP) is 1.14. The summed E-state index contributed by atoms with van der Waals surface area (Å²) in [5.41, 5.74) is 2.28. The van der Waals surface area contributed by atoms with Gasteiger partial charge in [0.1, 0.15) is 6.29 Å². The van der Waals surface area contributed by atoms with Crippen molar-refractivity contribution in [1.29, 1.82) is 0 Å². The molecule has 1 aromatic heterocycles. The van der Waals surface area contributed by atoms with Gasteiger partial charge < -0.3 is 4.79 Å². The zero-order valence-electron chi connectivity index (χ0n) is 10.0. The highest BCUT2D eigenvalue weighted by molar-refractivity contribution is 5.53. The molecule has 0 radical (unpaired) electrons. The van der Waals surface area contributed by atoms with Crippen molar-refractivity contribution in [2.24, 2.45) is 13.0 Å². The standard InChI is InChI=1S/C12H19N3O/c1-10-6-12(14(2)13-10)8-15-5-3-4-11(7-15)9-16/h6,9,11H,3-5,7-8H2,1-2H3. The van der Waals surface area contributed by atoms with Gasteiger partial charge in [-0.25, -0.2) is 0 Å². The first-order valence-electron chi connectivity index (χ1n) is 5.86. The minimum absolute atomic E-state index is 0.225. The minimum Gasteiger partial charge on any atom is -0.303 e. The SMILES string of the molecule is Cc1cc(CN2CCCC(C=O)C2)n(C)n1. The van der Waals surface area contributed by atoms with E-state index in [0.29, 0.717) is 0 Å². The Morgan fingerprint density at radius 2 is 2.44 bits per heavy atom. The summed E-state index contributed by atoms with van der Waals surface area (Å²) in [6, 6.07) is 2.12. The molecule has 0 bridgehead atoms. The molecule has 2 heterocycles. The lowest BCUT2D eigenvalue weighted by molar-refractivity contribution is -0.112. The topological polar surface area (TPSA) is 38.1 Å². The van der Waals surface area contributed by atoms with Crippen LogP contribution in [0, 0.1) is 12.8 Å². The van der Waals surface area contributed by atoms with Crippen LogP contribution in [0.5, 0.6) is 0 Å². The van der Waals surface area contributed by atoms with Crippen molar-refractivity contribution in [3.05, 3.63) is 17.5 Å². The summed E-state index contributed by atoms with van der Waals surface area (Å²) in [6.45, 7) is 4.90. The number of aldehydes is 1. The Bertz CT molecular complexity index is 372. The van der Waals surface area contributed by atoms with E-state index in [0.717, 1.165) is 44.5 Å². The van der Waals surface area contributed by atoms with Crippen LogP contribution in [0.2, 0.25) is 0 Å². The largest absolute Gasteiger partial charge is 0.303 e. The Morgan fingerprint density at radius 3 is 3.06 bits per heavy atom. The van der Waals surface area contributed by atoms with Gasteiger partial charge in [0, 0.05) is 26.1 Å². The van der Waals surface area contributed by atoms with Gasteiger partial charge in [-0.1, -0.05) is 0 Å². The molecule has 1 aliphatic heterocycles. The van der Waals surface area contributed by atoms with Crippen molar-refractivity contribution in [1.82, 2.24) is 14.7 Å². The van der Waals surface area contributed by atoms with Crippen LogP contribution in [0.1, 0.15) is 24.2 Å². The van der Waals surface area contributed by atoms with E-state index in [1.165, 1.54) is 5.69 Å². The maximum Gasteiger partial charge on any atom is 0.124 e. The number of likely N-dealkylation sites (tertiary alicyclic amines) is 1. The lowest BCUT2D eigenvalue weighted by Gasteiger charge is -2.29. The number of carbonyl (C=O) groups excluding carboxylic acids is 1. The average Bonchev–Trinajstić information content (AvgIpc) is 2.58. The number of piperidine rings is 1. The second-order valence-electron chi connectivity index (χ2n) is 4.67. The Kier molecular flexibility index (Phi) is 3.39. The van der Waals surface area contributed by atoms with Gasteiger partial charge in [0.25, 0.3) is 0 Å². The quantitative estimate of drug-likeness (QED) is 0.718.